The summed E-state index contributed by atoms with van der Waals surface area (Å²) in [6, 6.07) is 19.9. The molecule has 14 heteroatoms. The van der Waals surface area contributed by atoms with Crippen LogP contribution in [0.2, 0.25) is 5.02 Å². The lowest BCUT2D eigenvalue weighted by Crippen LogP contribution is -2.43. The van der Waals surface area contributed by atoms with Crippen LogP contribution < -0.4 is 25.2 Å². The molecule has 1 atom stereocenters. The number of hydrogen-bond acceptors (Lipinski definition) is 10. The standard InChI is InChI=1S/C35H48N8O3.C8H6ClNO/c1-40(19-17-34(45)36-25-44)31-10-5-11-32-29(31)16-22-43(32)28-9-6-18-41(24-28)23-26-14-20-42(21-15-26)33-13-12-30(38-39-33)35(46)37-27-7-3-2-4-8-27;1-11-7-3-2-6(5-10)8(9)4-7/h5,10-13,16,22,25-28H,2-4,6-9,14-15,17-21,23-24H2,1H3,(H,37,46)(H,36,44,45);2-4H,1H3. The lowest BCUT2D eigenvalue weighted by atomic mass is 9.94. The number of carbonyl (C=O) groups is 3. The fraction of sp³-hybridized carbons (Fsp3) is 0.488. The van der Waals surface area contributed by atoms with Crippen molar-refractivity contribution in [3.8, 4) is 11.8 Å². The maximum Gasteiger partial charge on any atom is 0.272 e. The Morgan fingerprint density at radius 1 is 1.00 bits per heavy atom. The van der Waals surface area contributed by atoms with E-state index in [4.69, 9.17) is 21.6 Å². The van der Waals surface area contributed by atoms with Crippen molar-refractivity contribution in [2.75, 3.05) is 63.2 Å². The average Bonchev–Trinajstić information content (AvgIpc) is 3.69. The van der Waals surface area contributed by atoms with Crippen LogP contribution in [0.3, 0.4) is 0 Å². The Kier molecular flexibility index (Phi) is 14.8. The first-order chi connectivity index (χ1) is 27.8. The molecule has 3 amide bonds. The van der Waals surface area contributed by atoms with Gasteiger partial charge < -0.3 is 29.3 Å². The predicted octanol–water partition coefficient (Wildman–Crippen LogP) is 6.37. The van der Waals surface area contributed by atoms with Gasteiger partial charge in [-0.1, -0.05) is 36.9 Å². The number of hydrogen-bond donors (Lipinski definition) is 2. The van der Waals surface area contributed by atoms with Gasteiger partial charge >= 0.3 is 0 Å². The van der Waals surface area contributed by atoms with Gasteiger partial charge in [-0.05, 0) is 93.5 Å². The van der Waals surface area contributed by atoms with Crippen LogP contribution in [0.4, 0.5) is 11.5 Å². The van der Waals surface area contributed by atoms with Crippen LogP contribution in [-0.4, -0.2) is 97.4 Å². The van der Waals surface area contributed by atoms with Gasteiger partial charge in [0.15, 0.2) is 11.5 Å². The van der Waals surface area contributed by atoms with Gasteiger partial charge in [0.25, 0.3) is 5.91 Å². The van der Waals surface area contributed by atoms with Crippen LogP contribution >= 0.6 is 11.6 Å². The number of likely N-dealkylation sites (tertiary alicyclic amines) is 1. The Hall–Kier alpha value is -5.19. The highest BCUT2D eigenvalue weighted by Crippen LogP contribution is 2.33. The summed E-state index contributed by atoms with van der Waals surface area (Å²) in [7, 11) is 3.55. The summed E-state index contributed by atoms with van der Waals surface area (Å²) in [5.74, 6) is 1.80. The molecule has 2 aromatic carbocycles. The number of nitrogens with zero attached hydrogens (tertiary/aromatic N) is 7. The molecule has 4 aromatic rings. The monoisotopic (exact) mass is 795 g/mol. The molecule has 0 bridgehead atoms. The van der Waals surface area contributed by atoms with E-state index in [0.717, 1.165) is 76.3 Å². The van der Waals surface area contributed by atoms with Gasteiger partial charge in [0.1, 0.15) is 11.8 Å². The van der Waals surface area contributed by atoms with Crippen LogP contribution in [0.5, 0.6) is 5.75 Å². The van der Waals surface area contributed by atoms with Gasteiger partial charge in [0.2, 0.25) is 12.3 Å². The Balaban J connectivity index is 0.000000432. The van der Waals surface area contributed by atoms with E-state index in [1.54, 1.807) is 25.3 Å². The molecule has 2 saturated heterocycles. The van der Waals surface area contributed by atoms with Gasteiger partial charge in [0, 0.05) is 81.6 Å². The molecule has 0 spiro atoms. The normalized spacial score (nSPS) is 17.9. The number of carbonyl (C=O) groups excluding carboxylic acids is 3. The molecule has 1 aliphatic carbocycles. The molecule has 1 saturated carbocycles. The Bertz CT molecular complexity index is 2000. The Morgan fingerprint density at radius 3 is 2.51 bits per heavy atom. The van der Waals surface area contributed by atoms with Crippen molar-refractivity contribution >= 4 is 52.2 Å². The van der Waals surface area contributed by atoms with Crippen molar-refractivity contribution in [2.24, 2.45) is 5.92 Å². The molecule has 302 valence electrons. The van der Waals surface area contributed by atoms with Gasteiger partial charge in [-0.3, -0.25) is 19.7 Å². The van der Waals surface area contributed by atoms with Crippen molar-refractivity contribution < 1.29 is 19.1 Å². The molecule has 3 fully saturated rings. The number of imide groups is 1. The van der Waals surface area contributed by atoms with E-state index in [9.17, 15) is 14.4 Å². The van der Waals surface area contributed by atoms with E-state index < -0.39 is 0 Å². The van der Waals surface area contributed by atoms with Crippen LogP contribution in [0.25, 0.3) is 10.9 Å². The topological polar surface area (TPSA) is 149 Å². The number of methoxy groups -OCH3 is 1. The molecule has 3 aliphatic rings. The SMILES string of the molecule is CN(CCC(=O)NC=O)c1cccc2c1ccn2C1CCCN(CC2CCN(c3ccc(C(=O)NC4CCCCC4)nn3)CC2)C1.COc1ccc(C#N)c(Cl)c1. The minimum atomic E-state index is -0.266. The molecule has 4 heterocycles. The van der Waals surface area contributed by atoms with Crippen LogP contribution in [-0.2, 0) is 9.59 Å². The lowest BCUT2D eigenvalue weighted by Gasteiger charge is -2.39. The molecule has 2 N–H and O–H groups in total. The third-order valence-electron chi connectivity index (χ3n) is 11.5. The van der Waals surface area contributed by atoms with Crippen molar-refractivity contribution in [2.45, 2.75) is 76.3 Å². The van der Waals surface area contributed by atoms with Gasteiger partial charge in [-0.15, -0.1) is 10.2 Å². The number of piperidine rings is 2. The van der Waals surface area contributed by atoms with Gasteiger partial charge in [-0.2, -0.15) is 5.26 Å². The number of ether oxygens (including phenoxy) is 1. The zero-order chi connectivity index (χ0) is 40.1. The fourth-order valence-corrected chi connectivity index (χ4v) is 8.53. The first-order valence-corrected chi connectivity index (χ1v) is 20.5. The first kappa shape index (κ1) is 41.4. The van der Waals surface area contributed by atoms with E-state index in [-0.39, 0.29) is 24.3 Å². The summed E-state index contributed by atoms with van der Waals surface area (Å²) >= 11 is 5.71. The van der Waals surface area contributed by atoms with Crippen molar-refractivity contribution in [3.63, 3.8) is 0 Å². The van der Waals surface area contributed by atoms with E-state index in [0.29, 0.717) is 46.9 Å². The zero-order valence-corrected chi connectivity index (χ0v) is 33.8. The van der Waals surface area contributed by atoms with E-state index in [2.05, 4.69) is 70.6 Å². The maximum atomic E-state index is 12.6. The average molecular weight is 796 g/mol. The molecule has 13 nitrogen and oxygen atoms in total. The molecule has 7 rings (SSSR count). The van der Waals surface area contributed by atoms with E-state index in [1.807, 2.05) is 25.2 Å². The smallest absolute Gasteiger partial charge is 0.272 e. The summed E-state index contributed by atoms with van der Waals surface area (Å²) in [6.45, 7) is 5.76. The van der Waals surface area contributed by atoms with Crippen molar-refractivity contribution in [3.05, 3.63) is 77.1 Å². The van der Waals surface area contributed by atoms with Gasteiger partial charge in [0.05, 0.1) is 23.2 Å². The quantitative estimate of drug-likeness (QED) is 0.155. The number of rotatable bonds is 12. The zero-order valence-electron chi connectivity index (χ0n) is 33.0. The summed E-state index contributed by atoms with van der Waals surface area (Å²) < 4.78 is 7.34. The number of benzene rings is 2. The maximum absolute atomic E-state index is 12.6. The largest absolute Gasteiger partial charge is 0.497 e. The van der Waals surface area contributed by atoms with E-state index >= 15 is 0 Å². The third kappa shape index (κ3) is 11.0. The van der Waals surface area contributed by atoms with Crippen LogP contribution in [0.1, 0.15) is 86.3 Å². The number of nitrogens with one attached hydrogen (secondary N) is 2. The first-order valence-electron chi connectivity index (χ1n) is 20.2. The highest BCUT2D eigenvalue weighted by molar-refractivity contribution is 6.31. The number of fused-ring (bicyclic) bond motifs is 1. The molecular formula is C43H54ClN9O4. The third-order valence-corrected chi connectivity index (χ3v) is 11.8. The minimum Gasteiger partial charge on any atom is -0.497 e. The summed E-state index contributed by atoms with van der Waals surface area (Å²) in [5, 5.41) is 24.2. The predicted molar refractivity (Wildman–Crippen MR) is 223 cm³/mol. The van der Waals surface area contributed by atoms with Crippen molar-refractivity contribution in [1.29, 1.82) is 5.26 Å². The highest BCUT2D eigenvalue weighted by Gasteiger charge is 2.28. The molecular weight excluding hydrogens is 742 g/mol. The number of aromatic nitrogens is 3. The second kappa shape index (κ2) is 20.3. The number of halogens is 1. The molecule has 57 heavy (non-hydrogen) atoms. The van der Waals surface area contributed by atoms with Crippen LogP contribution in [0, 0.1) is 17.2 Å². The molecule has 2 aliphatic heterocycles. The highest BCUT2D eigenvalue weighted by atomic mass is 35.5. The summed E-state index contributed by atoms with van der Waals surface area (Å²) in [5.41, 5.74) is 3.19. The Labute approximate surface area is 340 Å². The van der Waals surface area contributed by atoms with Crippen molar-refractivity contribution in [1.82, 2.24) is 30.3 Å². The number of anilines is 2. The second-order valence-electron chi connectivity index (χ2n) is 15.3. The summed E-state index contributed by atoms with van der Waals surface area (Å²) in [6.07, 6.45) is 13.3. The second-order valence-corrected chi connectivity index (χ2v) is 15.7. The number of amides is 3. The summed E-state index contributed by atoms with van der Waals surface area (Å²) in [4.78, 5) is 42.0. The Morgan fingerprint density at radius 2 is 1.81 bits per heavy atom. The molecule has 0 radical (unpaired) electrons. The molecule has 1 unspecified atom stereocenters. The van der Waals surface area contributed by atoms with Gasteiger partial charge in [-0.25, -0.2) is 0 Å². The fourth-order valence-electron chi connectivity index (χ4n) is 8.32. The minimum absolute atomic E-state index is 0.108. The lowest BCUT2D eigenvalue weighted by molar-refractivity contribution is -0.125. The molecule has 2 aromatic heterocycles. The van der Waals surface area contributed by atoms with Crippen LogP contribution in [0.15, 0.2) is 60.8 Å². The van der Waals surface area contributed by atoms with E-state index in [1.165, 1.54) is 36.6 Å². The number of nitriles is 1.